The summed E-state index contributed by atoms with van der Waals surface area (Å²) in [6.45, 7) is 0.602. The van der Waals surface area contributed by atoms with Crippen molar-refractivity contribution >= 4 is 0 Å². The van der Waals surface area contributed by atoms with E-state index in [-0.39, 0.29) is 0 Å². The maximum Gasteiger partial charge on any atom is 0.165 e. The van der Waals surface area contributed by atoms with Crippen LogP contribution in [0.1, 0.15) is 5.82 Å². The second-order valence-electron chi connectivity index (χ2n) is 3.52. The predicted molar refractivity (Wildman–Crippen MR) is 64.6 cm³/mol. The van der Waals surface area contributed by atoms with Gasteiger partial charge in [-0.1, -0.05) is 12.1 Å². The molecule has 5 nitrogen and oxygen atoms in total. The molecule has 0 bridgehead atoms. The van der Waals surface area contributed by atoms with Crippen LogP contribution in [0.2, 0.25) is 0 Å². The number of hydrogen-bond acceptors (Lipinski definition) is 5. The van der Waals surface area contributed by atoms with Crippen LogP contribution in [-0.2, 0) is 6.54 Å². The lowest BCUT2D eigenvalue weighted by molar-refractivity contribution is 0.415. The summed E-state index contributed by atoms with van der Waals surface area (Å²) in [6, 6.07) is 7.71. The summed E-state index contributed by atoms with van der Waals surface area (Å²) in [5, 5.41) is 10.9. The predicted octanol–water partition coefficient (Wildman–Crippen LogP) is 1.27. The molecule has 17 heavy (non-hydrogen) atoms. The fourth-order valence-corrected chi connectivity index (χ4v) is 1.49. The Bertz CT molecular complexity index is 501. The molecule has 0 unspecified atom stereocenters. The van der Waals surface area contributed by atoms with Crippen LogP contribution in [0, 0.1) is 0 Å². The Morgan fingerprint density at radius 3 is 3.00 bits per heavy atom. The molecule has 0 spiro atoms. The van der Waals surface area contributed by atoms with Crippen LogP contribution in [0.4, 0.5) is 0 Å². The number of hydrogen-bond donors (Lipinski definition) is 1. The van der Waals surface area contributed by atoms with Gasteiger partial charge in [-0.25, -0.2) is 4.98 Å². The van der Waals surface area contributed by atoms with Crippen LogP contribution < -0.4 is 10.1 Å². The first-order chi connectivity index (χ1) is 8.33. The van der Waals surface area contributed by atoms with Gasteiger partial charge in [0.05, 0.1) is 25.5 Å². The summed E-state index contributed by atoms with van der Waals surface area (Å²) in [4.78, 5) is 4.42. The van der Waals surface area contributed by atoms with Gasteiger partial charge in [0.25, 0.3) is 0 Å². The van der Waals surface area contributed by atoms with Gasteiger partial charge < -0.3 is 10.1 Å². The molecule has 1 aromatic carbocycles. The van der Waals surface area contributed by atoms with E-state index < -0.39 is 0 Å². The highest BCUT2D eigenvalue weighted by Crippen LogP contribution is 2.21. The molecule has 2 rings (SSSR count). The number of benzene rings is 1. The highest BCUT2D eigenvalue weighted by Gasteiger charge is 2.03. The molecule has 0 atom stereocenters. The standard InChI is InChI=1S/C12H14N4O/c1-13-8-12-15-11(7-14-16-12)9-4-3-5-10(6-9)17-2/h3-7,13H,8H2,1-2H3. The van der Waals surface area contributed by atoms with Gasteiger partial charge >= 0.3 is 0 Å². The Morgan fingerprint density at radius 2 is 2.24 bits per heavy atom. The average molecular weight is 230 g/mol. The van der Waals surface area contributed by atoms with Crippen LogP contribution in [0.5, 0.6) is 5.75 Å². The maximum absolute atomic E-state index is 5.18. The number of nitrogens with zero attached hydrogens (tertiary/aromatic N) is 3. The van der Waals surface area contributed by atoms with E-state index in [2.05, 4.69) is 20.5 Å². The lowest BCUT2D eigenvalue weighted by Crippen LogP contribution is -2.10. The lowest BCUT2D eigenvalue weighted by atomic mass is 10.1. The first kappa shape index (κ1) is 11.5. The fraction of sp³-hybridized carbons (Fsp3) is 0.250. The van der Waals surface area contributed by atoms with E-state index in [0.717, 1.165) is 17.0 Å². The van der Waals surface area contributed by atoms with Gasteiger partial charge in [0.15, 0.2) is 5.82 Å². The highest BCUT2D eigenvalue weighted by molar-refractivity contribution is 5.60. The minimum atomic E-state index is 0.602. The van der Waals surface area contributed by atoms with Crippen LogP contribution in [0.3, 0.4) is 0 Å². The zero-order valence-electron chi connectivity index (χ0n) is 9.84. The molecular weight excluding hydrogens is 216 g/mol. The Morgan fingerprint density at radius 1 is 1.35 bits per heavy atom. The molecule has 0 aliphatic heterocycles. The summed E-state index contributed by atoms with van der Waals surface area (Å²) in [6.07, 6.45) is 1.65. The average Bonchev–Trinajstić information content (AvgIpc) is 2.40. The van der Waals surface area contributed by atoms with Gasteiger partial charge in [-0.2, -0.15) is 5.10 Å². The third-order valence-corrected chi connectivity index (χ3v) is 2.30. The van der Waals surface area contributed by atoms with E-state index in [1.54, 1.807) is 13.3 Å². The maximum atomic E-state index is 5.18. The molecule has 0 aliphatic carbocycles. The second-order valence-corrected chi connectivity index (χ2v) is 3.52. The van der Waals surface area contributed by atoms with Crippen molar-refractivity contribution in [3.8, 4) is 17.0 Å². The molecule has 0 aliphatic rings. The normalized spacial score (nSPS) is 10.2. The van der Waals surface area contributed by atoms with E-state index in [0.29, 0.717) is 12.4 Å². The monoisotopic (exact) mass is 230 g/mol. The minimum absolute atomic E-state index is 0.602. The molecule has 0 radical (unpaired) electrons. The number of ether oxygens (including phenoxy) is 1. The Balaban J connectivity index is 2.34. The molecule has 1 aromatic heterocycles. The zero-order valence-corrected chi connectivity index (χ0v) is 9.84. The molecule has 2 aromatic rings. The number of rotatable bonds is 4. The van der Waals surface area contributed by atoms with Crippen molar-refractivity contribution in [2.24, 2.45) is 0 Å². The SMILES string of the molecule is CNCc1nncc(-c2cccc(OC)c2)n1. The number of methoxy groups -OCH3 is 1. The van der Waals surface area contributed by atoms with Crippen molar-refractivity contribution in [2.75, 3.05) is 14.2 Å². The van der Waals surface area contributed by atoms with Crippen LogP contribution >= 0.6 is 0 Å². The molecule has 0 fully saturated rings. The van der Waals surface area contributed by atoms with E-state index in [1.165, 1.54) is 0 Å². The molecular formula is C12H14N4O. The van der Waals surface area contributed by atoms with E-state index in [1.807, 2.05) is 31.3 Å². The summed E-state index contributed by atoms with van der Waals surface area (Å²) >= 11 is 0. The molecule has 5 heteroatoms. The fourth-order valence-electron chi connectivity index (χ4n) is 1.49. The van der Waals surface area contributed by atoms with E-state index in [9.17, 15) is 0 Å². The molecule has 1 N–H and O–H groups in total. The molecule has 0 amide bonds. The van der Waals surface area contributed by atoms with Gasteiger partial charge in [0, 0.05) is 5.56 Å². The second kappa shape index (κ2) is 5.36. The third kappa shape index (κ3) is 2.76. The summed E-state index contributed by atoms with van der Waals surface area (Å²) in [7, 11) is 3.49. The Kier molecular flexibility index (Phi) is 3.62. The van der Waals surface area contributed by atoms with Gasteiger partial charge in [-0.15, -0.1) is 5.10 Å². The van der Waals surface area contributed by atoms with Crippen molar-refractivity contribution in [3.05, 3.63) is 36.3 Å². The van der Waals surface area contributed by atoms with Crippen LogP contribution in [0.15, 0.2) is 30.5 Å². The lowest BCUT2D eigenvalue weighted by Gasteiger charge is -2.04. The van der Waals surface area contributed by atoms with E-state index >= 15 is 0 Å². The van der Waals surface area contributed by atoms with Crippen LogP contribution in [-0.4, -0.2) is 29.3 Å². The van der Waals surface area contributed by atoms with Gasteiger partial charge in [-0.05, 0) is 19.2 Å². The van der Waals surface area contributed by atoms with Gasteiger partial charge in [0.2, 0.25) is 0 Å². The largest absolute Gasteiger partial charge is 0.497 e. The number of aromatic nitrogens is 3. The summed E-state index contributed by atoms with van der Waals surface area (Å²) in [5.41, 5.74) is 1.76. The zero-order chi connectivity index (χ0) is 12.1. The molecule has 0 saturated carbocycles. The van der Waals surface area contributed by atoms with Gasteiger partial charge in [0.1, 0.15) is 5.75 Å². The third-order valence-electron chi connectivity index (χ3n) is 2.30. The van der Waals surface area contributed by atoms with Crippen molar-refractivity contribution in [1.82, 2.24) is 20.5 Å². The highest BCUT2D eigenvalue weighted by atomic mass is 16.5. The topological polar surface area (TPSA) is 59.9 Å². The summed E-state index contributed by atoms with van der Waals surface area (Å²) < 4.78 is 5.18. The number of nitrogens with one attached hydrogen (secondary N) is 1. The molecule has 88 valence electrons. The van der Waals surface area contributed by atoms with Gasteiger partial charge in [-0.3, -0.25) is 0 Å². The van der Waals surface area contributed by atoms with Crippen molar-refractivity contribution in [1.29, 1.82) is 0 Å². The van der Waals surface area contributed by atoms with E-state index in [4.69, 9.17) is 4.74 Å². The van der Waals surface area contributed by atoms with Crippen LogP contribution in [0.25, 0.3) is 11.3 Å². The summed E-state index contributed by atoms with van der Waals surface area (Å²) in [5.74, 6) is 1.48. The van der Waals surface area contributed by atoms with Crippen molar-refractivity contribution in [3.63, 3.8) is 0 Å². The quantitative estimate of drug-likeness (QED) is 0.857. The Hall–Kier alpha value is -2.01. The first-order valence-electron chi connectivity index (χ1n) is 5.31. The smallest absolute Gasteiger partial charge is 0.165 e. The molecule has 0 saturated heterocycles. The van der Waals surface area contributed by atoms with Crippen molar-refractivity contribution < 1.29 is 4.74 Å². The first-order valence-corrected chi connectivity index (χ1v) is 5.31. The Labute approximate surface area is 99.9 Å². The minimum Gasteiger partial charge on any atom is -0.497 e. The van der Waals surface area contributed by atoms with Crippen molar-refractivity contribution in [2.45, 2.75) is 6.54 Å². The molecule has 1 heterocycles.